The molecule has 9 nitrogen and oxygen atoms in total. The number of aliphatic carboxylic acids is 1. The summed E-state index contributed by atoms with van der Waals surface area (Å²) in [6.07, 6.45) is 1.45. The number of rotatable bonds is 6. The summed E-state index contributed by atoms with van der Waals surface area (Å²) >= 11 is 6.10. The van der Waals surface area contributed by atoms with Crippen LogP contribution in [0, 0.1) is 10.1 Å². The maximum Gasteiger partial charge on any atom is 0.322 e. The minimum Gasteiger partial charge on any atom is -0.480 e. The molecule has 0 aromatic heterocycles. The van der Waals surface area contributed by atoms with Crippen LogP contribution in [-0.2, 0) is 14.4 Å². The van der Waals surface area contributed by atoms with Crippen molar-refractivity contribution in [3.63, 3.8) is 0 Å². The van der Waals surface area contributed by atoms with Gasteiger partial charge in [-0.05, 0) is 18.6 Å². The second kappa shape index (κ2) is 8.06. The lowest BCUT2D eigenvalue weighted by Gasteiger charge is -2.21. The molecule has 2 amide bonds. The second-order valence-electron chi connectivity index (χ2n) is 5.19. The largest absolute Gasteiger partial charge is 0.480 e. The summed E-state index contributed by atoms with van der Waals surface area (Å²) < 4.78 is 0.143. The molecule has 136 valence electrons. The van der Waals surface area contributed by atoms with E-state index in [0.717, 1.165) is 16.7 Å². The van der Waals surface area contributed by atoms with E-state index in [0.29, 0.717) is 5.56 Å². The lowest BCUT2D eigenvalue weighted by atomic mass is 10.2. The number of carboxylic acid groups (broad SMARTS) is 1. The van der Waals surface area contributed by atoms with Crippen LogP contribution in [0.25, 0.3) is 6.08 Å². The Bertz CT molecular complexity index is 838. The van der Waals surface area contributed by atoms with E-state index in [1.54, 1.807) is 6.07 Å². The maximum atomic E-state index is 12.5. The summed E-state index contributed by atoms with van der Waals surface area (Å²) in [6.45, 7) is 0.861. The number of carboxylic acids is 1. The Morgan fingerprint density at radius 3 is 2.81 bits per heavy atom. The highest BCUT2D eigenvalue weighted by Crippen LogP contribution is 2.34. The highest BCUT2D eigenvalue weighted by atomic mass is 32.2. The lowest BCUT2D eigenvalue weighted by molar-refractivity contribution is -0.384. The SMILES string of the molecule is CC(C(=O)NCC(=O)O)N1C(=O)/C(=C/c2cccc([N+](=O)[O-])c2)SC1=S. The number of nitrogens with zero attached hydrogens (tertiary/aromatic N) is 2. The summed E-state index contributed by atoms with van der Waals surface area (Å²) in [6, 6.07) is 4.75. The van der Waals surface area contributed by atoms with Crippen molar-refractivity contribution in [2.24, 2.45) is 0 Å². The van der Waals surface area contributed by atoms with Gasteiger partial charge >= 0.3 is 5.97 Å². The Hall–Kier alpha value is -2.79. The summed E-state index contributed by atoms with van der Waals surface area (Å²) in [7, 11) is 0. The minimum atomic E-state index is -1.21. The van der Waals surface area contributed by atoms with E-state index in [4.69, 9.17) is 17.3 Å². The van der Waals surface area contributed by atoms with Crippen molar-refractivity contribution in [2.75, 3.05) is 6.54 Å². The molecular formula is C15H13N3O6S2. The van der Waals surface area contributed by atoms with Gasteiger partial charge in [0.2, 0.25) is 5.91 Å². The van der Waals surface area contributed by atoms with Gasteiger partial charge in [0.15, 0.2) is 0 Å². The van der Waals surface area contributed by atoms with Gasteiger partial charge in [0.05, 0.1) is 9.83 Å². The van der Waals surface area contributed by atoms with Gasteiger partial charge in [-0.1, -0.05) is 36.1 Å². The first kappa shape index (κ1) is 19.5. The first-order valence-electron chi connectivity index (χ1n) is 7.21. The van der Waals surface area contributed by atoms with Gasteiger partial charge in [0.1, 0.15) is 16.9 Å². The smallest absolute Gasteiger partial charge is 0.322 e. The molecule has 11 heteroatoms. The Balaban J connectivity index is 2.20. The molecule has 1 fully saturated rings. The molecule has 1 unspecified atom stereocenters. The monoisotopic (exact) mass is 395 g/mol. The summed E-state index contributed by atoms with van der Waals surface area (Å²) in [5.41, 5.74) is 0.332. The number of non-ortho nitro benzene ring substituents is 1. The number of thiocarbonyl (C=S) groups is 1. The van der Waals surface area contributed by atoms with Crippen molar-refractivity contribution in [1.82, 2.24) is 10.2 Å². The Kier molecular flexibility index (Phi) is 6.05. The van der Waals surface area contributed by atoms with Crippen LogP contribution >= 0.6 is 24.0 Å². The van der Waals surface area contributed by atoms with Gasteiger partial charge in [-0.3, -0.25) is 29.4 Å². The van der Waals surface area contributed by atoms with Crippen molar-refractivity contribution in [3.8, 4) is 0 Å². The Labute approximate surface area is 157 Å². The average molecular weight is 395 g/mol. The number of amides is 2. The molecule has 2 N–H and O–H groups in total. The Morgan fingerprint density at radius 1 is 1.50 bits per heavy atom. The first-order valence-corrected chi connectivity index (χ1v) is 8.44. The predicted molar refractivity (Wildman–Crippen MR) is 98.2 cm³/mol. The summed E-state index contributed by atoms with van der Waals surface area (Å²) in [4.78, 5) is 46.6. The number of hydrogen-bond acceptors (Lipinski definition) is 7. The summed E-state index contributed by atoms with van der Waals surface area (Å²) in [5.74, 6) is -2.38. The van der Waals surface area contributed by atoms with Gasteiger partial charge in [0.25, 0.3) is 11.6 Å². The van der Waals surface area contributed by atoms with Gasteiger partial charge < -0.3 is 10.4 Å². The number of carbonyl (C=O) groups excluding carboxylic acids is 2. The maximum absolute atomic E-state index is 12.5. The van der Waals surface area contributed by atoms with Crippen LogP contribution < -0.4 is 5.32 Å². The van der Waals surface area contributed by atoms with Crippen LogP contribution in [0.5, 0.6) is 0 Å². The molecule has 1 aromatic rings. The standard InChI is InChI=1S/C15H13N3O6S2/c1-8(13(21)16-7-12(19)20)17-14(22)11(26-15(17)25)6-9-3-2-4-10(5-9)18(23)24/h2-6,8H,7H2,1H3,(H,16,21)(H,19,20)/b11-6-. The molecule has 26 heavy (non-hydrogen) atoms. The molecule has 1 saturated heterocycles. The molecule has 2 rings (SSSR count). The number of carbonyl (C=O) groups is 3. The zero-order valence-corrected chi connectivity index (χ0v) is 15.0. The van der Waals surface area contributed by atoms with Crippen LogP contribution in [0.2, 0.25) is 0 Å². The third kappa shape index (κ3) is 4.43. The molecule has 1 atom stereocenters. The van der Waals surface area contributed by atoms with E-state index in [1.165, 1.54) is 31.2 Å². The molecule has 0 bridgehead atoms. The van der Waals surface area contributed by atoms with E-state index in [1.807, 2.05) is 0 Å². The van der Waals surface area contributed by atoms with E-state index in [-0.39, 0.29) is 14.9 Å². The Morgan fingerprint density at radius 2 is 2.19 bits per heavy atom. The minimum absolute atomic E-state index is 0.115. The summed E-state index contributed by atoms with van der Waals surface area (Å²) in [5, 5.41) is 21.6. The van der Waals surface area contributed by atoms with Gasteiger partial charge in [-0.15, -0.1) is 0 Å². The number of thioether (sulfide) groups is 1. The lowest BCUT2D eigenvalue weighted by Crippen LogP contribution is -2.48. The number of hydrogen-bond donors (Lipinski definition) is 2. The topological polar surface area (TPSA) is 130 Å². The van der Waals surface area contributed by atoms with Crippen molar-refractivity contribution >= 4 is 57.8 Å². The molecule has 0 spiro atoms. The molecule has 1 aliphatic rings. The zero-order chi connectivity index (χ0) is 19.4. The quantitative estimate of drug-likeness (QED) is 0.320. The van der Waals surface area contributed by atoms with Crippen molar-refractivity contribution in [1.29, 1.82) is 0 Å². The molecule has 1 aromatic carbocycles. The zero-order valence-electron chi connectivity index (χ0n) is 13.4. The third-order valence-electron chi connectivity index (χ3n) is 3.38. The van der Waals surface area contributed by atoms with E-state index in [2.05, 4.69) is 5.32 Å². The fourth-order valence-electron chi connectivity index (χ4n) is 2.12. The molecule has 1 heterocycles. The fourth-order valence-corrected chi connectivity index (χ4v) is 3.54. The molecule has 0 radical (unpaired) electrons. The van der Waals surface area contributed by atoms with Crippen LogP contribution in [0.1, 0.15) is 12.5 Å². The number of nitro groups is 1. The first-order chi connectivity index (χ1) is 12.2. The van der Waals surface area contributed by atoms with Gasteiger partial charge in [-0.25, -0.2) is 0 Å². The van der Waals surface area contributed by atoms with Crippen LogP contribution in [0.4, 0.5) is 5.69 Å². The molecular weight excluding hydrogens is 382 g/mol. The third-order valence-corrected chi connectivity index (χ3v) is 4.71. The van der Waals surface area contributed by atoms with Crippen molar-refractivity contribution in [2.45, 2.75) is 13.0 Å². The number of nitro benzene ring substituents is 1. The fraction of sp³-hybridized carbons (Fsp3) is 0.200. The van der Waals surface area contributed by atoms with Gasteiger partial charge in [0, 0.05) is 12.1 Å². The predicted octanol–water partition coefficient (Wildman–Crippen LogP) is 1.39. The number of benzene rings is 1. The van der Waals surface area contributed by atoms with Crippen LogP contribution in [-0.4, -0.2) is 49.6 Å². The van der Waals surface area contributed by atoms with Crippen molar-refractivity contribution < 1.29 is 24.4 Å². The molecule has 0 saturated carbocycles. The van der Waals surface area contributed by atoms with Gasteiger partial charge in [-0.2, -0.15) is 0 Å². The van der Waals surface area contributed by atoms with E-state index in [9.17, 15) is 24.5 Å². The van der Waals surface area contributed by atoms with E-state index < -0.39 is 35.3 Å². The average Bonchev–Trinajstić information content (AvgIpc) is 2.85. The normalized spacial score (nSPS) is 16.7. The second-order valence-corrected chi connectivity index (χ2v) is 6.87. The molecule has 1 aliphatic heterocycles. The highest BCUT2D eigenvalue weighted by Gasteiger charge is 2.38. The van der Waals surface area contributed by atoms with E-state index >= 15 is 0 Å². The number of nitrogens with one attached hydrogen (secondary N) is 1. The van der Waals surface area contributed by atoms with Crippen LogP contribution in [0.3, 0.4) is 0 Å². The van der Waals surface area contributed by atoms with Crippen LogP contribution in [0.15, 0.2) is 29.2 Å². The molecule has 0 aliphatic carbocycles. The highest BCUT2D eigenvalue weighted by molar-refractivity contribution is 8.26. The van der Waals surface area contributed by atoms with Crippen molar-refractivity contribution in [3.05, 3.63) is 44.8 Å².